The summed E-state index contributed by atoms with van der Waals surface area (Å²) < 4.78 is 48.6. The molecular weight excluding hydrogens is 919 g/mol. The van der Waals surface area contributed by atoms with E-state index in [2.05, 4.69) is 26.6 Å². The fourth-order valence-corrected chi connectivity index (χ4v) is 8.27. The molecule has 23 nitrogen and oxygen atoms in total. The van der Waals surface area contributed by atoms with Crippen LogP contribution < -0.4 is 59.2 Å². The first-order valence-corrected chi connectivity index (χ1v) is 23.6. The van der Waals surface area contributed by atoms with Gasteiger partial charge in [-0.15, -0.1) is 0 Å². The molecule has 69 heavy (non-hydrogen) atoms. The predicted molar refractivity (Wildman–Crippen MR) is 253 cm³/mol. The maximum Gasteiger partial charge on any atom is 0.246 e. The van der Waals surface area contributed by atoms with Crippen LogP contribution in [0.15, 0.2) is 24.3 Å². The van der Waals surface area contributed by atoms with Crippen LogP contribution in [-0.4, -0.2) is 144 Å². The van der Waals surface area contributed by atoms with Crippen LogP contribution in [0.5, 0.6) is 5.75 Å². The number of nitrogens with zero attached hydrogens (tertiary/aromatic N) is 1. The Morgan fingerprint density at radius 1 is 0.870 bits per heavy atom. The number of carbonyl (C=O) groups is 11. The minimum Gasteiger partial charge on any atom is -0.497 e. The first kappa shape index (κ1) is 49.0. The van der Waals surface area contributed by atoms with Gasteiger partial charge >= 0.3 is 0 Å². The maximum atomic E-state index is 14.6. The molecule has 2 aliphatic rings. The number of hydrogen-bond donors (Lipinski definition) is 10. The number of thioether (sulfide) groups is 1. The summed E-state index contributed by atoms with van der Waals surface area (Å²) in [7, 11) is 1.45. The standard InChI is InChI=1S/C45H69N11O12S/c1-6-25(4)38-44(66)51-28(15-16-34(46)57)40(62)52-31(21-35(47)58)41(63)54-32(23-69-18-8-10-37(60)50-30(42(64)55-38)20-26-11-13-27(68-5)14-12-26)45(67)56-17-7-9-33(56)43(65)53-29(19-24(2)3)39(61)49-22-36(48)59/h11-14,24-25,28-33,38H,6-10,15-23H2,1-5H3,(H2,46,57)(H2,47,58)(H2,48,59)(H,49,61)(H,50,60)(H,51,66)(H,52,62)(H,53,65)(H,54,63)(H,55,64)/t25-,28+,29-,30-,31-,32-,33-,38-/m0/s1/i15D2,16D2,28D. The molecule has 0 spiro atoms. The monoisotopic (exact) mass is 993 g/mol. The van der Waals surface area contributed by atoms with Gasteiger partial charge in [0.05, 0.1) is 21.4 Å². The molecule has 13 N–H and O–H groups in total. The van der Waals surface area contributed by atoms with Gasteiger partial charge in [0.2, 0.25) is 65.0 Å². The van der Waals surface area contributed by atoms with E-state index in [1.54, 1.807) is 45.0 Å². The number of methoxy groups -OCH3 is 1. The Labute approximate surface area is 412 Å². The lowest BCUT2D eigenvalue weighted by Gasteiger charge is -2.31. The normalized spacial score (nSPS) is 25.7. The van der Waals surface area contributed by atoms with Gasteiger partial charge in [-0.25, -0.2) is 0 Å². The molecule has 11 amide bonds. The highest BCUT2D eigenvalue weighted by atomic mass is 32.2. The van der Waals surface area contributed by atoms with Crippen LogP contribution in [0, 0.1) is 11.8 Å². The molecule has 0 saturated carbocycles. The van der Waals surface area contributed by atoms with E-state index in [-0.39, 0.29) is 68.9 Å². The summed E-state index contributed by atoms with van der Waals surface area (Å²) in [6, 6.07) is -6.76. The number of primary amides is 3. The average molecular weight is 993 g/mol. The van der Waals surface area contributed by atoms with Crippen LogP contribution in [-0.2, 0) is 59.2 Å². The SMILES string of the molecule is [2H]C([2H])(C(N)=O)C([2H])([2H])[C@@]1([2H])NC(=O)[C@H]([C@@H](C)CC)NC(=O)[C@H](Cc2ccc(OC)cc2)NC(=O)CCCSC[C@@H](C(=O)N2CCC[C@H]2C(=O)N[C@@H](CC(C)C)C(=O)NCC(N)=O)NC(=O)[C@H](CC(N)=O)NC1=O. The van der Waals surface area contributed by atoms with Crippen LogP contribution in [0.2, 0.25) is 0 Å². The number of hydrogen-bond acceptors (Lipinski definition) is 13. The van der Waals surface area contributed by atoms with Gasteiger partial charge in [0.1, 0.15) is 48.0 Å². The highest BCUT2D eigenvalue weighted by Crippen LogP contribution is 2.22. The Bertz CT molecular complexity index is 2270. The van der Waals surface area contributed by atoms with E-state index in [4.69, 9.17) is 27.4 Å². The molecule has 8 atom stereocenters. The van der Waals surface area contributed by atoms with E-state index in [1.165, 1.54) is 14.0 Å². The Balaban J connectivity index is 2.17. The van der Waals surface area contributed by atoms with Crippen molar-refractivity contribution >= 4 is 76.7 Å². The average Bonchev–Trinajstić information content (AvgIpc) is 3.83. The fourth-order valence-electron chi connectivity index (χ4n) is 7.29. The molecule has 382 valence electrons. The van der Waals surface area contributed by atoms with Gasteiger partial charge in [-0.1, -0.05) is 46.2 Å². The molecule has 2 saturated heterocycles. The van der Waals surface area contributed by atoms with Crippen molar-refractivity contribution in [3.63, 3.8) is 0 Å². The predicted octanol–water partition coefficient (Wildman–Crippen LogP) is -2.50. The minimum absolute atomic E-state index is 0.0286. The summed E-state index contributed by atoms with van der Waals surface area (Å²) in [4.78, 5) is 150. The van der Waals surface area contributed by atoms with Crippen molar-refractivity contribution in [2.75, 3.05) is 31.7 Å². The minimum atomic E-state index is -4.12. The fraction of sp³-hybridized carbons (Fsp3) is 0.622. The Morgan fingerprint density at radius 3 is 2.16 bits per heavy atom. The van der Waals surface area contributed by atoms with Crippen LogP contribution in [0.3, 0.4) is 0 Å². The molecule has 1 aromatic rings. The second kappa shape index (κ2) is 28.1. The number of amides is 11. The van der Waals surface area contributed by atoms with Crippen molar-refractivity contribution in [3.8, 4) is 5.75 Å². The number of rotatable bonds is 18. The maximum absolute atomic E-state index is 14.6. The lowest BCUT2D eigenvalue weighted by Crippen LogP contribution is -2.61. The third-order valence-corrected chi connectivity index (χ3v) is 12.2. The highest BCUT2D eigenvalue weighted by molar-refractivity contribution is 7.99. The highest BCUT2D eigenvalue weighted by Gasteiger charge is 2.40. The Hall–Kier alpha value is -6.46. The first-order valence-electron chi connectivity index (χ1n) is 25.0. The quantitative estimate of drug-likeness (QED) is 0.0728. The number of nitrogens with two attached hydrogens (primary N) is 3. The van der Waals surface area contributed by atoms with Crippen molar-refractivity contribution < 1.29 is 64.3 Å². The zero-order valence-electron chi connectivity index (χ0n) is 44.4. The van der Waals surface area contributed by atoms with Gasteiger partial charge in [-0.3, -0.25) is 52.7 Å². The molecule has 0 aromatic heterocycles. The van der Waals surface area contributed by atoms with Gasteiger partial charge < -0.3 is 64.1 Å². The molecule has 0 unspecified atom stereocenters. The largest absolute Gasteiger partial charge is 0.497 e. The Kier molecular flexibility index (Phi) is 20.0. The van der Waals surface area contributed by atoms with Crippen LogP contribution in [0.1, 0.15) is 97.8 Å². The van der Waals surface area contributed by atoms with Gasteiger partial charge in [-0.05, 0) is 67.3 Å². The summed E-state index contributed by atoms with van der Waals surface area (Å²) in [6.07, 6.45) is -8.69. The van der Waals surface area contributed by atoms with Crippen LogP contribution in [0.25, 0.3) is 0 Å². The summed E-state index contributed by atoms with van der Waals surface area (Å²) in [6.45, 7) is 6.11. The second-order valence-electron chi connectivity index (χ2n) is 17.0. The summed E-state index contributed by atoms with van der Waals surface area (Å²) in [5, 5.41) is 16.4. The third kappa shape index (κ3) is 18.9. The molecule has 24 heteroatoms. The van der Waals surface area contributed by atoms with E-state index in [9.17, 15) is 54.1 Å². The van der Waals surface area contributed by atoms with E-state index >= 15 is 0 Å². The van der Waals surface area contributed by atoms with Crippen molar-refractivity contribution in [1.29, 1.82) is 0 Å². The summed E-state index contributed by atoms with van der Waals surface area (Å²) in [5.41, 5.74) is 16.4. The first-order chi connectivity index (χ1) is 34.5. The van der Waals surface area contributed by atoms with Crippen LogP contribution in [0.4, 0.5) is 0 Å². The zero-order valence-corrected chi connectivity index (χ0v) is 40.2. The van der Waals surface area contributed by atoms with E-state index in [1.807, 2.05) is 10.6 Å². The zero-order chi connectivity index (χ0) is 55.9. The van der Waals surface area contributed by atoms with Crippen molar-refractivity contribution in [1.82, 2.24) is 42.1 Å². The molecule has 0 radical (unpaired) electrons. The second-order valence-corrected chi connectivity index (χ2v) is 18.2. The molecule has 2 heterocycles. The molecule has 2 fully saturated rings. The van der Waals surface area contributed by atoms with Gasteiger partial charge in [0.25, 0.3) is 0 Å². The number of carbonyl (C=O) groups excluding carboxylic acids is 11. The molecule has 0 aliphatic carbocycles. The number of benzene rings is 1. The lowest BCUT2D eigenvalue weighted by atomic mass is 9.96. The summed E-state index contributed by atoms with van der Waals surface area (Å²) in [5.74, 6) is -13.5. The third-order valence-electron chi connectivity index (χ3n) is 11.1. The number of nitrogens with one attached hydrogen (secondary N) is 7. The Morgan fingerprint density at radius 2 is 1.55 bits per heavy atom. The van der Waals surface area contributed by atoms with Crippen LogP contribution >= 0.6 is 11.8 Å². The molecular formula is C45H69N11O12S. The topological polar surface area (TPSA) is 363 Å². The van der Waals surface area contributed by atoms with E-state index in [0.29, 0.717) is 11.3 Å². The van der Waals surface area contributed by atoms with E-state index in [0.717, 1.165) is 16.7 Å². The molecule has 0 bridgehead atoms. The van der Waals surface area contributed by atoms with Crippen molar-refractivity contribution in [2.24, 2.45) is 29.0 Å². The lowest BCUT2D eigenvalue weighted by molar-refractivity contribution is -0.142. The van der Waals surface area contributed by atoms with Gasteiger partial charge in [0, 0.05) is 37.0 Å². The molecule has 1 aromatic carbocycles. The van der Waals surface area contributed by atoms with Gasteiger partial charge in [0.15, 0.2) is 0 Å². The number of likely N-dealkylation sites (tertiary alicyclic amines) is 1. The van der Waals surface area contributed by atoms with Crippen molar-refractivity contribution in [3.05, 3.63) is 29.8 Å². The number of ether oxygens (including phenoxy) is 1. The molecule has 3 rings (SSSR count). The van der Waals surface area contributed by atoms with E-state index < -0.39 is 139 Å². The smallest absolute Gasteiger partial charge is 0.246 e. The van der Waals surface area contributed by atoms with Crippen molar-refractivity contribution in [2.45, 2.75) is 134 Å². The van der Waals surface area contributed by atoms with Gasteiger partial charge in [-0.2, -0.15) is 11.8 Å². The summed E-state index contributed by atoms with van der Waals surface area (Å²) >= 11 is 1.06. The molecule has 2 aliphatic heterocycles.